The van der Waals surface area contributed by atoms with Crippen LogP contribution in [0.5, 0.6) is 0 Å². The lowest BCUT2D eigenvalue weighted by molar-refractivity contribution is 0.391. The summed E-state index contributed by atoms with van der Waals surface area (Å²) in [5, 5.41) is 3.82. The van der Waals surface area contributed by atoms with E-state index in [1.54, 1.807) is 20.8 Å². The number of pyridine rings is 1. The summed E-state index contributed by atoms with van der Waals surface area (Å²) in [5.74, 6) is 6.16. The van der Waals surface area contributed by atoms with Gasteiger partial charge in [0, 0.05) is 17.8 Å². The second kappa shape index (κ2) is 5.80. The molecule has 0 saturated heterocycles. The summed E-state index contributed by atoms with van der Waals surface area (Å²) in [6.07, 6.45) is 1.23. The van der Waals surface area contributed by atoms with Crippen molar-refractivity contribution in [3.05, 3.63) is 35.3 Å². The normalized spacial score (nSPS) is 13.1. The Morgan fingerprint density at radius 1 is 1.33 bits per heavy atom. The molecule has 8 nitrogen and oxygen atoms in total. The average Bonchev–Trinajstić information content (AvgIpc) is 2.77. The van der Waals surface area contributed by atoms with Gasteiger partial charge in [-0.3, -0.25) is 0 Å². The second-order valence-electron chi connectivity index (χ2n) is 4.60. The Morgan fingerprint density at radius 3 is 2.52 bits per heavy atom. The molecular formula is C12H17N5O3S. The van der Waals surface area contributed by atoms with Crippen LogP contribution in [0.2, 0.25) is 0 Å². The Balaban J connectivity index is 2.24. The van der Waals surface area contributed by atoms with Crippen molar-refractivity contribution in [3.8, 4) is 0 Å². The van der Waals surface area contributed by atoms with E-state index in [4.69, 9.17) is 10.4 Å². The van der Waals surface area contributed by atoms with Crippen molar-refractivity contribution in [2.75, 3.05) is 5.43 Å². The Morgan fingerprint density at radius 2 is 2.05 bits per heavy atom. The number of hydrogen-bond acceptors (Lipinski definition) is 7. The Hall–Kier alpha value is -1.97. The minimum Gasteiger partial charge on any atom is -0.361 e. The number of nitrogens with zero attached hydrogens (tertiary/aromatic N) is 2. The predicted octanol–water partition coefficient (Wildman–Crippen LogP) is 1.01. The highest BCUT2D eigenvalue weighted by atomic mass is 32.2. The van der Waals surface area contributed by atoms with E-state index >= 15 is 0 Å². The van der Waals surface area contributed by atoms with Gasteiger partial charge in [-0.15, -0.1) is 0 Å². The van der Waals surface area contributed by atoms with Crippen LogP contribution >= 0.6 is 0 Å². The van der Waals surface area contributed by atoms with Crippen LogP contribution in [0.4, 0.5) is 5.82 Å². The van der Waals surface area contributed by atoms with Gasteiger partial charge in [0.25, 0.3) is 0 Å². The van der Waals surface area contributed by atoms with Crippen LogP contribution in [0.1, 0.15) is 30.0 Å². The van der Waals surface area contributed by atoms with E-state index in [1.165, 1.54) is 18.3 Å². The number of nitrogen functional groups attached to an aromatic ring is 1. The Bertz CT molecular complexity index is 704. The highest BCUT2D eigenvalue weighted by molar-refractivity contribution is 7.89. The third-order valence-electron chi connectivity index (χ3n) is 3.05. The van der Waals surface area contributed by atoms with Crippen molar-refractivity contribution in [2.24, 2.45) is 5.84 Å². The molecule has 0 radical (unpaired) electrons. The third-order valence-corrected chi connectivity index (χ3v) is 4.57. The fourth-order valence-electron chi connectivity index (χ4n) is 2.09. The lowest BCUT2D eigenvalue weighted by Crippen LogP contribution is -2.27. The van der Waals surface area contributed by atoms with Gasteiger partial charge in [-0.25, -0.2) is 24.0 Å². The van der Waals surface area contributed by atoms with Crippen LogP contribution in [0.25, 0.3) is 0 Å². The van der Waals surface area contributed by atoms with E-state index < -0.39 is 16.1 Å². The average molecular weight is 311 g/mol. The maximum atomic E-state index is 12.3. The van der Waals surface area contributed by atoms with Gasteiger partial charge >= 0.3 is 0 Å². The summed E-state index contributed by atoms with van der Waals surface area (Å²) in [4.78, 5) is 3.94. The first-order valence-electron chi connectivity index (χ1n) is 6.23. The number of sulfonamides is 1. The van der Waals surface area contributed by atoms with E-state index in [9.17, 15) is 8.42 Å². The monoisotopic (exact) mass is 311 g/mol. The molecule has 2 aromatic heterocycles. The molecule has 0 spiro atoms. The summed E-state index contributed by atoms with van der Waals surface area (Å²) >= 11 is 0. The summed E-state index contributed by atoms with van der Waals surface area (Å²) in [6.45, 7) is 5.23. The summed E-state index contributed by atoms with van der Waals surface area (Å²) in [5.41, 5.74) is 3.72. The zero-order valence-corrected chi connectivity index (χ0v) is 12.7. The number of nitrogens with two attached hydrogens (primary N) is 1. The zero-order valence-electron chi connectivity index (χ0n) is 11.9. The molecule has 21 heavy (non-hydrogen) atoms. The molecule has 9 heteroatoms. The number of nitrogens with one attached hydrogen (secondary N) is 2. The van der Waals surface area contributed by atoms with Gasteiger partial charge < -0.3 is 9.95 Å². The largest absolute Gasteiger partial charge is 0.361 e. The molecule has 2 aromatic rings. The fraction of sp³-hybridized carbons (Fsp3) is 0.333. The molecule has 114 valence electrons. The molecule has 1 atom stereocenters. The molecule has 2 rings (SSSR count). The van der Waals surface area contributed by atoms with E-state index in [2.05, 4.69) is 20.3 Å². The molecule has 4 N–H and O–H groups in total. The molecule has 0 saturated carbocycles. The number of aromatic nitrogens is 2. The van der Waals surface area contributed by atoms with Gasteiger partial charge in [0.05, 0.1) is 5.69 Å². The van der Waals surface area contributed by atoms with Crippen molar-refractivity contribution >= 4 is 15.8 Å². The SMILES string of the molecule is Cc1noc(C)c1C(C)NS(=O)(=O)c1ccc(NN)nc1. The summed E-state index contributed by atoms with van der Waals surface area (Å²) in [7, 11) is -3.69. The minimum atomic E-state index is -3.69. The molecule has 1 unspecified atom stereocenters. The predicted molar refractivity (Wildman–Crippen MR) is 76.8 cm³/mol. The first-order chi connectivity index (χ1) is 9.85. The van der Waals surface area contributed by atoms with Crippen LogP contribution in [0.15, 0.2) is 27.7 Å². The van der Waals surface area contributed by atoms with Crippen LogP contribution in [0.3, 0.4) is 0 Å². The van der Waals surface area contributed by atoms with Gasteiger partial charge in [-0.2, -0.15) is 0 Å². The van der Waals surface area contributed by atoms with Crippen LogP contribution in [-0.4, -0.2) is 18.6 Å². The molecule has 0 amide bonds. The third kappa shape index (κ3) is 3.20. The highest BCUT2D eigenvalue weighted by Crippen LogP contribution is 2.23. The number of anilines is 1. The van der Waals surface area contributed by atoms with Gasteiger partial charge in [-0.1, -0.05) is 5.16 Å². The fourth-order valence-corrected chi connectivity index (χ4v) is 3.25. The molecule has 2 heterocycles. The van der Waals surface area contributed by atoms with E-state index in [1.807, 2.05) is 0 Å². The molecule has 0 aromatic carbocycles. The van der Waals surface area contributed by atoms with E-state index in [0.717, 1.165) is 5.56 Å². The smallest absolute Gasteiger partial charge is 0.242 e. The van der Waals surface area contributed by atoms with Gasteiger partial charge in [0.1, 0.15) is 16.5 Å². The zero-order chi connectivity index (χ0) is 15.6. The van der Waals surface area contributed by atoms with Crippen molar-refractivity contribution < 1.29 is 12.9 Å². The number of hydrazine groups is 1. The number of rotatable bonds is 5. The molecule has 0 bridgehead atoms. The first kappa shape index (κ1) is 15.4. The molecule has 0 fully saturated rings. The molecular weight excluding hydrogens is 294 g/mol. The maximum absolute atomic E-state index is 12.3. The van der Waals surface area contributed by atoms with Crippen molar-refractivity contribution in [1.29, 1.82) is 0 Å². The minimum absolute atomic E-state index is 0.0557. The lowest BCUT2D eigenvalue weighted by atomic mass is 10.1. The molecule has 0 aliphatic heterocycles. The summed E-state index contributed by atoms with van der Waals surface area (Å²) < 4.78 is 32.2. The quantitative estimate of drug-likeness (QED) is 0.556. The van der Waals surface area contributed by atoms with Gasteiger partial charge in [-0.05, 0) is 32.9 Å². The number of aryl methyl sites for hydroxylation is 2. The molecule has 0 aliphatic carbocycles. The van der Waals surface area contributed by atoms with Crippen molar-refractivity contribution in [2.45, 2.75) is 31.7 Å². The number of hydrogen-bond donors (Lipinski definition) is 3. The maximum Gasteiger partial charge on any atom is 0.242 e. The van der Waals surface area contributed by atoms with Crippen molar-refractivity contribution in [1.82, 2.24) is 14.9 Å². The van der Waals surface area contributed by atoms with Crippen LogP contribution in [0, 0.1) is 13.8 Å². The van der Waals surface area contributed by atoms with E-state index in [0.29, 0.717) is 17.3 Å². The highest BCUT2D eigenvalue weighted by Gasteiger charge is 2.23. The second-order valence-corrected chi connectivity index (χ2v) is 6.32. The van der Waals surface area contributed by atoms with E-state index in [-0.39, 0.29) is 4.90 Å². The summed E-state index contributed by atoms with van der Waals surface area (Å²) in [6, 6.07) is 2.44. The lowest BCUT2D eigenvalue weighted by Gasteiger charge is -2.14. The van der Waals surface area contributed by atoms with Gasteiger partial charge in [0.2, 0.25) is 10.0 Å². The first-order valence-corrected chi connectivity index (χ1v) is 7.71. The van der Waals surface area contributed by atoms with Gasteiger partial charge in [0.15, 0.2) is 0 Å². The van der Waals surface area contributed by atoms with Crippen LogP contribution in [-0.2, 0) is 10.0 Å². The Labute approximate surface area is 122 Å². The molecule has 0 aliphatic rings. The standard InChI is InChI=1S/C12H17N5O3S/c1-7-12(9(3)20-16-7)8(2)17-21(18,19)10-4-5-11(15-13)14-6-10/h4-6,8,17H,13H2,1-3H3,(H,14,15). The van der Waals surface area contributed by atoms with Crippen LogP contribution < -0.4 is 16.0 Å². The Kier molecular flexibility index (Phi) is 4.26. The topological polar surface area (TPSA) is 123 Å². The van der Waals surface area contributed by atoms with Crippen molar-refractivity contribution in [3.63, 3.8) is 0 Å².